The summed E-state index contributed by atoms with van der Waals surface area (Å²) in [5, 5.41) is 28.5. The minimum Gasteiger partial charge on any atom is -0.506 e. The van der Waals surface area contributed by atoms with Gasteiger partial charge in [0.1, 0.15) is 16.7 Å². The van der Waals surface area contributed by atoms with Crippen LogP contribution in [0.4, 0.5) is 0 Å². The average molecular weight is 313 g/mol. The van der Waals surface area contributed by atoms with Crippen molar-refractivity contribution in [2.75, 3.05) is 0 Å². The molecule has 23 heavy (non-hydrogen) atoms. The number of nitrogens with zero attached hydrogens (tertiary/aromatic N) is 1. The van der Waals surface area contributed by atoms with Crippen molar-refractivity contribution in [3.8, 4) is 6.07 Å². The molecule has 0 fully saturated rings. The van der Waals surface area contributed by atoms with Crippen molar-refractivity contribution >= 4 is 23.3 Å². The first kappa shape index (κ1) is 16.4. The minimum absolute atomic E-state index is 0.257. The van der Waals surface area contributed by atoms with Crippen LogP contribution in [0.2, 0.25) is 0 Å². The van der Waals surface area contributed by atoms with Crippen LogP contribution in [0.3, 0.4) is 0 Å². The van der Waals surface area contributed by atoms with Crippen LogP contribution in [-0.4, -0.2) is 27.7 Å². The number of Topliss-reactive ketones (excluding diaryl/α,β-unsaturated/α-hetero) is 2. The number of ketones is 2. The highest BCUT2D eigenvalue weighted by Crippen LogP contribution is 2.40. The third-order valence-electron chi connectivity index (χ3n) is 3.96. The number of allylic oxidation sites excluding steroid dienone is 1. The summed E-state index contributed by atoms with van der Waals surface area (Å²) in [6.07, 6.45) is -0.865. The summed E-state index contributed by atoms with van der Waals surface area (Å²) in [6.45, 7) is 3.17. The lowest BCUT2D eigenvalue weighted by molar-refractivity contribution is -0.138. The van der Waals surface area contributed by atoms with E-state index >= 15 is 0 Å². The lowest BCUT2D eigenvalue weighted by Crippen LogP contribution is -2.39. The summed E-state index contributed by atoms with van der Waals surface area (Å²) < 4.78 is 0. The van der Waals surface area contributed by atoms with Crippen molar-refractivity contribution in [1.29, 1.82) is 5.26 Å². The third kappa shape index (κ3) is 2.61. The van der Waals surface area contributed by atoms with E-state index in [1.807, 2.05) is 6.07 Å². The number of aliphatic hydroxyl groups excluding tert-OH is 1. The zero-order valence-electron chi connectivity index (χ0n) is 12.7. The van der Waals surface area contributed by atoms with E-state index in [1.54, 1.807) is 25.1 Å². The monoisotopic (exact) mass is 313 g/mol. The van der Waals surface area contributed by atoms with Gasteiger partial charge in [0.05, 0.1) is 12.5 Å². The van der Waals surface area contributed by atoms with Gasteiger partial charge in [0, 0.05) is 12.0 Å². The standard InChI is InChI=1S/C17H15NO5/c1-9-3-4-11-10(7-9)15(22)14(12(19)5-6-13(20)21)16(23)17(11,2)8-18/h3-4,7,22H,5-6H2,1-2H3,(H,20,21)/t17-/m0/s1. The van der Waals surface area contributed by atoms with Crippen molar-refractivity contribution in [1.82, 2.24) is 0 Å². The predicted octanol–water partition coefficient (Wildman–Crippen LogP) is 2.06. The fraction of sp³-hybridized carbons (Fsp3) is 0.294. The molecule has 0 aromatic heterocycles. The summed E-state index contributed by atoms with van der Waals surface area (Å²) in [6, 6.07) is 6.81. The lowest BCUT2D eigenvalue weighted by Gasteiger charge is -2.29. The molecule has 1 aromatic carbocycles. The van der Waals surface area contributed by atoms with Crippen molar-refractivity contribution in [3.63, 3.8) is 0 Å². The fourth-order valence-corrected chi connectivity index (χ4v) is 2.62. The zero-order valence-corrected chi connectivity index (χ0v) is 12.7. The van der Waals surface area contributed by atoms with Gasteiger partial charge in [0.2, 0.25) is 0 Å². The molecule has 1 aliphatic rings. The maximum Gasteiger partial charge on any atom is 0.303 e. The van der Waals surface area contributed by atoms with Gasteiger partial charge in [-0.15, -0.1) is 0 Å². The summed E-state index contributed by atoms with van der Waals surface area (Å²) in [7, 11) is 0. The SMILES string of the molecule is Cc1ccc2c(c1)C(O)=C(C(=O)CCC(=O)O)C(=O)[C@@]2(C)C#N. The first-order chi connectivity index (χ1) is 10.7. The van der Waals surface area contributed by atoms with Crippen LogP contribution in [0.15, 0.2) is 23.8 Å². The van der Waals surface area contributed by atoms with Gasteiger partial charge < -0.3 is 10.2 Å². The van der Waals surface area contributed by atoms with Crippen molar-refractivity contribution in [3.05, 3.63) is 40.5 Å². The molecular weight excluding hydrogens is 298 g/mol. The van der Waals surface area contributed by atoms with E-state index in [2.05, 4.69) is 0 Å². The molecule has 0 saturated heterocycles. The van der Waals surface area contributed by atoms with E-state index in [4.69, 9.17) is 5.11 Å². The van der Waals surface area contributed by atoms with E-state index in [-0.39, 0.29) is 5.56 Å². The number of carboxylic acids is 1. The van der Waals surface area contributed by atoms with Crippen LogP contribution >= 0.6 is 0 Å². The fourth-order valence-electron chi connectivity index (χ4n) is 2.62. The molecule has 1 aliphatic carbocycles. The summed E-state index contributed by atoms with van der Waals surface area (Å²) in [4.78, 5) is 35.4. The molecule has 6 heteroatoms. The molecule has 2 N–H and O–H groups in total. The van der Waals surface area contributed by atoms with E-state index < -0.39 is 47.1 Å². The molecule has 6 nitrogen and oxygen atoms in total. The molecule has 0 bridgehead atoms. The van der Waals surface area contributed by atoms with Crippen molar-refractivity contribution in [2.24, 2.45) is 0 Å². The molecule has 0 radical (unpaired) electrons. The number of hydrogen-bond acceptors (Lipinski definition) is 5. The van der Waals surface area contributed by atoms with Crippen LogP contribution in [0.1, 0.15) is 36.5 Å². The Labute approximate surface area is 132 Å². The van der Waals surface area contributed by atoms with Crippen LogP contribution < -0.4 is 0 Å². The highest BCUT2D eigenvalue weighted by atomic mass is 16.4. The first-order valence-corrected chi connectivity index (χ1v) is 6.98. The molecule has 0 spiro atoms. The molecule has 2 rings (SSSR count). The number of fused-ring (bicyclic) bond motifs is 1. The molecule has 0 heterocycles. The molecule has 0 aliphatic heterocycles. The summed E-state index contributed by atoms with van der Waals surface area (Å²) >= 11 is 0. The van der Waals surface area contributed by atoms with Gasteiger partial charge in [0.15, 0.2) is 11.6 Å². The van der Waals surface area contributed by atoms with Crippen molar-refractivity contribution < 1.29 is 24.6 Å². The number of carbonyl (C=O) groups is 3. The largest absolute Gasteiger partial charge is 0.506 e. The number of aliphatic carboxylic acids is 1. The number of nitriles is 1. The molecule has 1 atom stereocenters. The number of hydrogen-bond donors (Lipinski definition) is 2. The van der Waals surface area contributed by atoms with Gasteiger partial charge in [-0.2, -0.15) is 5.26 Å². The molecule has 0 unspecified atom stereocenters. The first-order valence-electron chi connectivity index (χ1n) is 6.98. The molecular formula is C17H15NO5. The summed E-state index contributed by atoms with van der Waals surface area (Å²) in [5.74, 6) is -3.24. The van der Waals surface area contributed by atoms with Crippen LogP contribution in [0.5, 0.6) is 0 Å². The Morgan fingerprint density at radius 1 is 1.30 bits per heavy atom. The van der Waals surface area contributed by atoms with E-state index in [1.165, 1.54) is 6.92 Å². The topological polar surface area (TPSA) is 115 Å². The normalized spacial score (nSPS) is 20.0. The van der Waals surface area contributed by atoms with Gasteiger partial charge in [-0.05, 0) is 25.5 Å². The van der Waals surface area contributed by atoms with Gasteiger partial charge in [-0.25, -0.2) is 0 Å². The molecule has 118 valence electrons. The number of aryl methyl sites for hydroxylation is 1. The summed E-state index contributed by atoms with van der Waals surface area (Å²) in [5.41, 5.74) is -0.699. The van der Waals surface area contributed by atoms with Crippen LogP contribution in [0, 0.1) is 18.3 Å². The number of rotatable bonds is 4. The Bertz CT molecular complexity index is 800. The maximum absolute atomic E-state index is 12.6. The smallest absolute Gasteiger partial charge is 0.303 e. The van der Waals surface area contributed by atoms with Gasteiger partial charge in [0.25, 0.3) is 0 Å². The number of benzene rings is 1. The Kier molecular flexibility index (Phi) is 4.06. The third-order valence-corrected chi connectivity index (χ3v) is 3.96. The van der Waals surface area contributed by atoms with Gasteiger partial charge in [-0.1, -0.05) is 17.7 Å². The molecule has 0 saturated carbocycles. The quantitative estimate of drug-likeness (QED) is 0.822. The highest BCUT2D eigenvalue weighted by Gasteiger charge is 2.46. The maximum atomic E-state index is 12.6. The molecule has 0 amide bonds. The second-order valence-corrected chi connectivity index (χ2v) is 5.66. The van der Waals surface area contributed by atoms with Crippen LogP contribution in [-0.2, 0) is 19.8 Å². The number of carbonyl (C=O) groups excluding carboxylic acids is 2. The molecule has 1 aromatic rings. The van der Waals surface area contributed by atoms with E-state index in [0.717, 1.165) is 5.56 Å². The zero-order chi connectivity index (χ0) is 17.4. The number of carboxylic acid groups (broad SMARTS) is 1. The second kappa shape index (κ2) is 5.69. The minimum atomic E-state index is -1.59. The number of aliphatic hydroxyl groups is 1. The van der Waals surface area contributed by atoms with Crippen LogP contribution in [0.25, 0.3) is 5.76 Å². The Morgan fingerprint density at radius 3 is 2.52 bits per heavy atom. The Hall–Kier alpha value is -2.94. The Morgan fingerprint density at radius 2 is 1.96 bits per heavy atom. The average Bonchev–Trinajstić information content (AvgIpc) is 2.50. The highest BCUT2D eigenvalue weighted by molar-refractivity contribution is 6.29. The predicted molar refractivity (Wildman–Crippen MR) is 80.6 cm³/mol. The lowest BCUT2D eigenvalue weighted by atomic mass is 9.69. The van der Waals surface area contributed by atoms with Gasteiger partial charge in [-0.3, -0.25) is 14.4 Å². The second-order valence-electron chi connectivity index (χ2n) is 5.66. The Balaban J connectivity index is 2.64. The van der Waals surface area contributed by atoms with Crippen molar-refractivity contribution in [2.45, 2.75) is 32.1 Å². The van der Waals surface area contributed by atoms with E-state index in [9.17, 15) is 24.8 Å². The van der Waals surface area contributed by atoms with E-state index in [0.29, 0.717) is 5.56 Å². The van der Waals surface area contributed by atoms with Gasteiger partial charge >= 0.3 is 5.97 Å².